The molecule has 12 nitrogen and oxygen atoms in total. The van der Waals surface area contributed by atoms with Crippen LogP contribution >= 0.6 is 0 Å². The third kappa shape index (κ3) is 46.3. The monoisotopic (exact) mass is 1140 g/mol. The Morgan fingerprint density at radius 2 is 0.778 bits per heavy atom. The minimum atomic E-state index is -1.91. The number of rotatable bonds is 56. The number of carbonyl (C=O) groups is 4. The van der Waals surface area contributed by atoms with Gasteiger partial charge in [-0.05, 0) is 83.5 Å². The summed E-state index contributed by atoms with van der Waals surface area (Å²) in [6, 6.07) is 0. The van der Waals surface area contributed by atoms with Crippen molar-refractivity contribution in [3.8, 4) is 0 Å². The van der Waals surface area contributed by atoms with Gasteiger partial charge in [0, 0.05) is 19.3 Å². The summed E-state index contributed by atoms with van der Waals surface area (Å²) in [5.74, 6) is -3.12. The molecule has 81 heavy (non-hydrogen) atoms. The van der Waals surface area contributed by atoms with Crippen LogP contribution in [0.4, 0.5) is 0 Å². The largest absolute Gasteiger partial charge is 0.479 e. The molecule has 0 bridgehead atoms. The van der Waals surface area contributed by atoms with Crippen LogP contribution in [0.25, 0.3) is 0 Å². The Morgan fingerprint density at radius 1 is 0.420 bits per heavy atom. The minimum absolute atomic E-state index is 0.0480. The van der Waals surface area contributed by atoms with Gasteiger partial charge in [0.2, 0.25) is 0 Å². The van der Waals surface area contributed by atoms with Crippen molar-refractivity contribution in [1.82, 2.24) is 0 Å². The highest BCUT2D eigenvalue weighted by atomic mass is 16.7. The van der Waals surface area contributed by atoms with Crippen LogP contribution in [0.1, 0.15) is 290 Å². The summed E-state index contributed by atoms with van der Waals surface area (Å²) >= 11 is 0. The average molecular weight is 1140 g/mol. The van der Waals surface area contributed by atoms with E-state index in [4.69, 9.17) is 23.7 Å². The molecule has 0 aromatic carbocycles. The summed E-state index contributed by atoms with van der Waals surface area (Å²) in [6.45, 7) is 5.80. The molecule has 0 radical (unpaired) electrons. The lowest BCUT2D eigenvalue weighted by atomic mass is 9.98. The highest BCUT2D eigenvalue weighted by molar-refractivity contribution is 5.74. The molecule has 0 aliphatic carbocycles. The maximum atomic E-state index is 13.2. The highest BCUT2D eigenvalue weighted by Crippen LogP contribution is 2.27. The fourth-order valence-corrected chi connectivity index (χ4v) is 9.81. The van der Waals surface area contributed by atoms with E-state index in [1.54, 1.807) is 0 Å². The standard InChI is InChI=1S/C69H118O12/c1-4-7-10-13-16-19-22-25-28-31-34-37-40-43-46-49-52-55-61(70)77-58-60(79-62(71)56-53-50-47-44-41-38-35-32-29-26-23-20-17-14-11-8-5-2)59-78-69-67(65(74)64(73)66(81-69)68(75)76)80-63(72)57-54-51-48-45-42-39-36-33-30-27-24-21-18-15-12-9-6-3/h7,9-10,12,16,18-19,21,25,27-28,30,60,64-67,69,73-74H,4-6,8,11,13-15,17,20,22-24,26,29,31-59H2,1-3H3,(H,75,76)/b10-7-,12-9-,19-16-,21-18-,28-25-,30-27-. The van der Waals surface area contributed by atoms with Gasteiger partial charge >= 0.3 is 23.9 Å². The molecule has 1 aliphatic heterocycles. The van der Waals surface area contributed by atoms with Gasteiger partial charge in [0.15, 0.2) is 24.6 Å². The molecule has 3 N–H and O–H groups in total. The molecule has 12 heteroatoms. The van der Waals surface area contributed by atoms with E-state index in [1.165, 1.54) is 96.3 Å². The smallest absolute Gasteiger partial charge is 0.335 e. The number of ether oxygens (including phenoxy) is 5. The number of esters is 3. The summed E-state index contributed by atoms with van der Waals surface area (Å²) < 4.78 is 28.6. The van der Waals surface area contributed by atoms with Crippen LogP contribution in [0, 0.1) is 0 Å². The van der Waals surface area contributed by atoms with Crippen molar-refractivity contribution in [3.63, 3.8) is 0 Å². The molecule has 6 unspecified atom stereocenters. The Balaban J connectivity index is 2.66. The van der Waals surface area contributed by atoms with Crippen molar-refractivity contribution in [2.45, 2.75) is 327 Å². The second kappa shape index (κ2) is 56.6. The van der Waals surface area contributed by atoms with Crippen LogP contribution in [0.15, 0.2) is 72.9 Å². The van der Waals surface area contributed by atoms with Gasteiger partial charge in [-0.1, -0.05) is 261 Å². The van der Waals surface area contributed by atoms with Crippen molar-refractivity contribution >= 4 is 23.9 Å². The number of aliphatic hydroxyl groups is 2. The van der Waals surface area contributed by atoms with Crippen molar-refractivity contribution in [2.75, 3.05) is 13.2 Å². The number of hydrogen-bond donors (Lipinski definition) is 3. The zero-order valence-corrected chi connectivity index (χ0v) is 51.5. The first-order chi connectivity index (χ1) is 39.6. The zero-order valence-electron chi connectivity index (χ0n) is 51.5. The fraction of sp³-hybridized carbons (Fsp3) is 0.768. The van der Waals surface area contributed by atoms with Crippen LogP contribution in [-0.2, 0) is 42.9 Å². The van der Waals surface area contributed by atoms with Gasteiger partial charge in [-0.15, -0.1) is 0 Å². The van der Waals surface area contributed by atoms with Crippen LogP contribution in [0.5, 0.6) is 0 Å². The molecule has 1 saturated heterocycles. The Labute approximate surface area is 493 Å². The molecular weight excluding hydrogens is 1020 g/mol. The molecule has 1 aliphatic rings. The summed E-state index contributed by atoms with van der Waals surface area (Å²) in [4.78, 5) is 51.4. The lowest BCUT2D eigenvalue weighted by Crippen LogP contribution is -2.61. The van der Waals surface area contributed by atoms with Gasteiger partial charge in [-0.3, -0.25) is 14.4 Å². The molecule has 466 valence electrons. The van der Waals surface area contributed by atoms with E-state index in [1.807, 2.05) is 0 Å². The van der Waals surface area contributed by atoms with Gasteiger partial charge in [0.1, 0.15) is 18.8 Å². The van der Waals surface area contributed by atoms with Gasteiger partial charge in [-0.2, -0.15) is 0 Å². The van der Waals surface area contributed by atoms with Crippen molar-refractivity contribution < 1.29 is 58.2 Å². The van der Waals surface area contributed by atoms with Gasteiger partial charge in [0.05, 0.1) is 6.61 Å². The maximum Gasteiger partial charge on any atom is 0.335 e. The quantitative estimate of drug-likeness (QED) is 0.0228. The molecular formula is C69H118O12. The molecule has 0 aromatic rings. The van der Waals surface area contributed by atoms with Crippen molar-refractivity contribution in [3.05, 3.63) is 72.9 Å². The second-order valence-electron chi connectivity index (χ2n) is 22.3. The molecule has 0 spiro atoms. The van der Waals surface area contributed by atoms with E-state index in [0.29, 0.717) is 19.3 Å². The Hall–Kier alpha value is -3.84. The fourth-order valence-electron chi connectivity index (χ4n) is 9.81. The number of unbranched alkanes of at least 4 members (excludes halogenated alkanes) is 30. The number of allylic oxidation sites excluding steroid dienone is 12. The van der Waals surface area contributed by atoms with E-state index in [9.17, 15) is 34.5 Å². The first-order valence-electron chi connectivity index (χ1n) is 32.9. The number of aliphatic hydroxyl groups excluding tert-OH is 2. The molecule has 1 heterocycles. The Morgan fingerprint density at radius 3 is 1.19 bits per heavy atom. The first-order valence-corrected chi connectivity index (χ1v) is 32.9. The van der Waals surface area contributed by atoms with Crippen LogP contribution in [-0.4, -0.2) is 89.2 Å². The average Bonchev–Trinajstić information content (AvgIpc) is 3.53. The topological polar surface area (TPSA) is 175 Å². The Bertz CT molecular complexity index is 1680. The predicted molar refractivity (Wildman–Crippen MR) is 331 cm³/mol. The molecule has 6 atom stereocenters. The van der Waals surface area contributed by atoms with Gasteiger partial charge < -0.3 is 39.0 Å². The lowest BCUT2D eigenvalue weighted by Gasteiger charge is -2.40. The van der Waals surface area contributed by atoms with Gasteiger partial charge in [0.25, 0.3) is 0 Å². The van der Waals surface area contributed by atoms with Crippen LogP contribution in [0.3, 0.4) is 0 Å². The van der Waals surface area contributed by atoms with E-state index >= 15 is 0 Å². The summed E-state index contributed by atoms with van der Waals surface area (Å²) in [7, 11) is 0. The molecule has 0 amide bonds. The summed E-state index contributed by atoms with van der Waals surface area (Å²) in [5.41, 5.74) is 0. The van der Waals surface area contributed by atoms with E-state index < -0.39 is 67.3 Å². The van der Waals surface area contributed by atoms with Crippen LogP contribution in [0.2, 0.25) is 0 Å². The molecule has 1 rings (SSSR count). The minimum Gasteiger partial charge on any atom is -0.479 e. The van der Waals surface area contributed by atoms with E-state index in [-0.39, 0.29) is 25.9 Å². The van der Waals surface area contributed by atoms with Gasteiger partial charge in [-0.25, -0.2) is 4.79 Å². The van der Waals surface area contributed by atoms with Crippen molar-refractivity contribution in [1.29, 1.82) is 0 Å². The lowest BCUT2D eigenvalue weighted by molar-refractivity contribution is -0.301. The third-order valence-electron chi connectivity index (χ3n) is 14.8. The summed E-state index contributed by atoms with van der Waals surface area (Å²) in [5, 5.41) is 31.6. The van der Waals surface area contributed by atoms with Crippen molar-refractivity contribution in [2.24, 2.45) is 0 Å². The Kier molecular flexibility index (Phi) is 52.6. The second-order valence-corrected chi connectivity index (χ2v) is 22.3. The number of carboxylic acids is 1. The number of carboxylic acid groups (broad SMARTS) is 1. The number of carbonyl (C=O) groups excluding carboxylic acids is 3. The molecule has 1 fully saturated rings. The zero-order chi connectivity index (χ0) is 58.9. The first kappa shape index (κ1) is 75.2. The van der Waals surface area contributed by atoms with Crippen LogP contribution < -0.4 is 0 Å². The number of hydrogen-bond acceptors (Lipinski definition) is 11. The molecule has 0 aromatic heterocycles. The van der Waals surface area contributed by atoms with E-state index in [2.05, 4.69) is 93.7 Å². The predicted octanol–water partition coefficient (Wildman–Crippen LogP) is 17.7. The maximum absolute atomic E-state index is 13.2. The summed E-state index contributed by atoms with van der Waals surface area (Å²) in [6.07, 6.45) is 60.0. The molecule has 0 saturated carbocycles. The normalized spacial score (nSPS) is 18.2. The third-order valence-corrected chi connectivity index (χ3v) is 14.8. The SMILES string of the molecule is CC/C=C\C/C=C\C/C=C\CCCCCCCCCC(=O)OCC(COC1OC(C(=O)O)C(O)C(O)C1OC(=O)CCCCCCCCC/C=C\C/C=C\C/C=C\CC)OC(=O)CCCCCCCCCCCCCCCCCCC. The van der Waals surface area contributed by atoms with E-state index in [0.717, 1.165) is 135 Å². The number of aliphatic carboxylic acids is 1. The highest BCUT2D eigenvalue weighted by Gasteiger charge is 2.50.